The Morgan fingerprint density at radius 1 is 1.18 bits per heavy atom. The van der Waals surface area contributed by atoms with Crippen LogP contribution in [-0.2, 0) is 0 Å². The Kier molecular flexibility index (Phi) is 5.99. The highest BCUT2D eigenvalue weighted by Gasteiger charge is 2.33. The lowest BCUT2D eigenvalue weighted by molar-refractivity contribution is 0.128. The van der Waals surface area contributed by atoms with E-state index in [0.29, 0.717) is 5.41 Å². The van der Waals surface area contributed by atoms with Crippen molar-refractivity contribution < 1.29 is 0 Å². The van der Waals surface area contributed by atoms with E-state index in [4.69, 9.17) is 0 Å². The predicted octanol–water partition coefficient (Wildman–Crippen LogP) is 4.62. The van der Waals surface area contributed by atoms with Crippen LogP contribution in [0.2, 0.25) is 0 Å². The van der Waals surface area contributed by atoms with Gasteiger partial charge in [0.15, 0.2) is 0 Å². The van der Waals surface area contributed by atoms with E-state index in [9.17, 15) is 0 Å². The van der Waals surface area contributed by atoms with E-state index < -0.39 is 0 Å². The van der Waals surface area contributed by atoms with Crippen LogP contribution in [0.5, 0.6) is 0 Å². The molecule has 1 heteroatoms. The van der Waals surface area contributed by atoms with Gasteiger partial charge in [-0.2, -0.15) is 0 Å². The summed E-state index contributed by atoms with van der Waals surface area (Å²) < 4.78 is 0. The lowest BCUT2D eigenvalue weighted by Gasteiger charge is -2.41. The first kappa shape index (κ1) is 15.0. The lowest BCUT2D eigenvalue weighted by Crippen LogP contribution is -2.45. The summed E-state index contributed by atoms with van der Waals surface area (Å²) in [7, 11) is 0. The Bertz CT molecular complexity index is 204. The molecule has 0 aliphatic heterocycles. The second-order valence-electron chi connectivity index (χ2n) is 7.17. The van der Waals surface area contributed by atoms with Gasteiger partial charge in [-0.3, -0.25) is 0 Å². The van der Waals surface area contributed by atoms with Crippen LogP contribution in [-0.4, -0.2) is 12.6 Å². The van der Waals surface area contributed by atoms with E-state index in [0.717, 1.165) is 17.9 Å². The molecule has 0 amide bonds. The molecule has 1 aliphatic carbocycles. The summed E-state index contributed by atoms with van der Waals surface area (Å²) in [5, 5.41) is 3.86. The van der Waals surface area contributed by atoms with Crippen molar-refractivity contribution in [3.05, 3.63) is 0 Å². The van der Waals surface area contributed by atoms with Crippen molar-refractivity contribution in [1.29, 1.82) is 0 Å². The highest BCUT2D eigenvalue weighted by atomic mass is 14.9. The molecule has 0 spiro atoms. The summed E-state index contributed by atoms with van der Waals surface area (Å²) in [5.74, 6) is 1.70. The van der Waals surface area contributed by atoms with Crippen molar-refractivity contribution in [2.24, 2.45) is 17.3 Å². The fourth-order valence-electron chi connectivity index (χ4n) is 3.36. The first-order chi connectivity index (χ1) is 7.95. The van der Waals surface area contributed by atoms with E-state index in [1.165, 1.54) is 45.1 Å². The first-order valence-corrected chi connectivity index (χ1v) is 7.68. The predicted molar refractivity (Wildman–Crippen MR) is 77.3 cm³/mol. The minimum atomic E-state index is 0.464. The van der Waals surface area contributed by atoms with Crippen LogP contribution in [0.4, 0.5) is 0 Å². The zero-order chi connectivity index (χ0) is 12.9. The molecule has 1 saturated carbocycles. The van der Waals surface area contributed by atoms with Crippen LogP contribution < -0.4 is 5.32 Å². The molecule has 102 valence electrons. The topological polar surface area (TPSA) is 12.0 Å². The Morgan fingerprint density at radius 2 is 1.82 bits per heavy atom. The van der Waals surface area contributed by atoms with Gasteiger partial charge in [0.25, 0.3) is 0 Å². The van der Waals surface area contributed by atoms with Gasteiger partial charge < -0.3 is 5.32 Å². The normalized spacial score (nSPS) is 28.1. The van der Waals surface area contributed by atoms with E-state index >= 15 is 0 Å². The summed E-state index contributed by atoms with van der Waals surface area (Å²) >= 11 is 0. The molecule has 0 aromatic carbocycles. The quantitative estimate of drug-likeness (QED) is 0.738. The molecule has 0 saturated heterocycles. The van der Waals surface area contributed by atoms with Crippen LogP contribution in [0.25, 0.3) is 0 Å². The lowest BCUT2D eigenvalue weighted by atomic mass is 9.69. The summed E-state index contributed by atoms with van der Waals surface area (Å²) in [6.45, 7) is 13.1. The molecule has 0 radical (unpaired) electrons. The van der Waals surface area contributed by atoms with Gasteiger partial charge in [-0.1, -0.05) is 53.9 Å². The van der Waals surface area contributed by atoms with Crippen molar-refractivity contribution in [3.63, 3.8) is 0 Å². The summed E-state index contributed by atoms with van der Waals surface area (Å²) in [4.78, 5) is 0. The van der Waals surface area contributed by atoms with Gasteiger partial charge in [-0.05, 0) is 43.1 Å². The molecular formula is C16H33N. The molecule has 0 aromatic rings. The van der Waals surface area contributed by atoms with E-state index in [1.54, 1.807) is 0 Å². The minimum absolute atomic E-state index is 0.464. The minimum Gasteiger partial charge on any atom is -0.313 e. The molecule has 0 bridgehead atoms. The molecular weight excluding hydrogens is 206 g/mol. The van der Waals surface area contributed by atoms with Gasteiger partial charge in [-0.25, -0.2) is 0 Å². The molecule has 1 aliphatic rings. The molecule has 0 aromatic heterocycles. The second-order valence-corrected chi connectivity index (χ2v) is 7.17. The maximum absolute atomic E-state index is 3.86. The third-order valence-electron chi connectivity index (χ3n) is 4.39. The van der Waals surface area contributed by atoms with Crippen LogP contribution in [0.15, 0.2) is 0 Å². The van der Waals surface area contributed by atoms with Gasteiger partial charge in [0.2, 0.25) is 0 Å². The average molecular weight is 239 g/mol. The van der Waals surface area contributed by atoms with Gasteiger partial charge in [0, 0.05) is 6.04 Å². The van der Waals surface area contributed by atoms with Crippen LogP contribution >= 0.6 is 0 Å². The molecule has 3 atom stereocenters. The largest absolute Gasteiger partial charge is 0.313 e. The fourth-order valence-corrected chi connectivity index (χ4v) is 3.36. The number of hydrogen-bond acceptors (Lipinski definition) is 1. The Balaban J connectivity index is 2.43. The van der Waals surface area contributed by atoms with Crippen LogP contribution in [0.3, 0.4) is 0 Å². The summed E-state index contributed by atoms with van der Waals surface area (Å²) in [6, 6.07) is 0.767. The molecule has 3 unspecified atom stereocenters. The standard InChI is InChI=1S/C16H33N/c1-6-9-13(2)12-17-15-11-8-7-10-14(15)16(3,4)5/h13-15,17H,6-12H2,1-5H3. The van der Waals surface area contributed by atoms with Crippen molar-refractivity contribution in [2.45, 2.75) is 79.2 Å². The monoisotopic (exact) mass is 239 g/mol. The zero-order valence-corrected chi connectivity index (χ0v) is 12.7. The fraction of sp³-hybridized carbons (Fsp3) is 1.00. The van der Waals surface area contributed by atoms with Gasteiger partial charge in [-0.15, -0.1) is 0 Å². The number of hydrogen-bond donors (Lipinski definition) is 1. The van der Waals surface area contributed by atoms with Gasteiger partial charge in [0.1, 0.15) is 0 Å². The SMILES string of the molecule is CCCC(C)CNC1CCCCC1C(C)(C)C. The van der Waals surface area contributed by atoms with E-state index in [1.807, 2.05) is 0 Å². The van der Waals surface area contributed by atoms with E-state index in [-0.39, 0.29) is 0 Å². The van der Waals surface area contributed by atoms with Crippen molar-refractivity contribution >= 4 is 0 Å². The number of rotatable bonds is 5. The van der Waals surface area contributed by atoms with Crippen LogP contribution in [0, 0.1) is 17.3 Å². The Hall–Kier alpha value is -0.0400. The average Bonchev–Trinajstić information content (AvgIpc) is 2.26. The zero-order valence-electron chi connectivity index (χ0n) is 12.7. The highest BCUT2D eigenvalue weighted by Crippen LogP contribution is 2.38. The molecule has 1 fully saturated rings. The summed E-state index contributed by atoms with van der Waals surface area (Å²) in [5.41, 5.74) is 0.464. The Morgan fingerprint density at radius 3 is 2.41 bits per heavy atom. The van der Waals surface area contributed by atoms with Crippen molar-refractivity contribution in [3.8, 4) is 0 Å². The third-order valence-corrected chi connectivity index (χ3v) is 4.39. The molecule has 1 N–H and O–H groups in total. The highest BCUT2D eigenvalue weighted by molar-refractivity contribution is 4.88. The third kappa shape index (κ3) is 4.99. The van der Waals surface area contributed by atoms with Gasteiger partial charge >= 0.3 is 0 Å². The maximum Gasteiger partial charge on any atom is 0.0100 e. The molecule has 0 heterocycles. The number of nitrogens with one attached hydrogen (secondary N) is 1. The molecule has 1 nitrogen and oxygen atoms in total. The summed E-state index contributed by atoms with van der Waals surface area (Å²) in [6.07, 6.45) is 8.34. The smallest absolute Gasteiger partial charge is 0.0100 e. The maximum atomic E-state index is 3.86. The van der Waals surface area contributed by atoms with Crippen LogP contribution in [0.1, 0.15) is 73.1 Å². The van der Waals surface area contributed by atoms with Crippen molar-refractivity contribution in [1.82, 2.24) is 5.32 Å². The first-order valence-electron chi connectivity index (χ1n) is 7.68. The van der Waals surface area contributed by atoms with E-state index in [2.05, 4.69) is 39.9 Å². The molecule has 17 heavy (non-hydrogen) atoms. The molecule has 1 rings (SSSR count). The van der Waals surface area contributed by atoms with Crippen molar-refractivity contribution in [2.75, 3.05) is 6.54 Å². The Labute approximate surface area is 109 Å². The second kappa shape index (κ2) is 6.78. The van der Waals surface area contributed by atoms with Gasteiger partial charge in [0.05, 0.1) is 0 Å².